The second-order valence-electron chi connectivity index (χ2n) is 8.45. The lowest BCUT2D eigenvalue weighted by molar-refractivity contribution is -0.116. The molecule has 0 saturated carbocycles. The van der Waals surface area contributed by atoms with Gasteiger partial charge in [0, 0.05) is 50.7 Å². The number of aromatic amines is 1. The summed E-state index contributed by atoms with van der Waals surface area (Å²) in [6.07, 6.45) is 5.66. The third-order valence-corrected chi connectivity index (χ3v) is 7.87. The first-order valence-electron chi connectivity index (χ1n) is 11.0. The molecule has 32 heavy (non-hydrogen) atoms. The number of hydrogen-bond donors (Lipinski definition) is 2. The molecule has 0 radical (unpaired) electrons. The number of hydrogen-bond acceptors (Lipinski definition) is 4. The molecule has 1 aromatic heterocycles. The number of piperidine rings is 1. The number of H-pyrrole nitrogens is 1. The molecule has 0 spiro atoms. The summed E-state index contributed by atoms with van der Waals surface area (Å²) in [4.78, 5) is 18.1. The number of aromatic nitrogens is 1. The first-order chi connectivity index (χ1) is 15.4. The zero-order valence-corrected chi connectivity index (χ0v) is 19.4. The van der Waals surface area contributed by atoms with Crippen molar-refractivity contribution in [2.24, 2.45) is 0 Å². The Morgan fingerprint density at radius 1 is 1.09 bits per heavy atom. The lowest BCUT2D eigenvalue weighted by Crippen LogP contribution is -2.35. The average Bonchev–Trinajstić information content (AvgIpc) is 3.21. The van der Waals surface area contributed by atoms with Crippen LogP contribution in [-0.4, -0.2) is 50.8 Å². The molecular formula is C24H30N4O3S. The van der Waals surface area contributed by atoms with E-state index >= 15 is 0 Å². The fraction of sp³-hybridized carbons (Fsp3) is 0.375. The van der Waals surface area contributed by atoms with Crippen LogP contribution in [0.3, 0.4) is 0 Å². The number of para-hydroxylation sites is 1. The van der Waals surface area contributed by atoms with Gasteiger partial charge in [0.2, 0.25) is 15.9 Å². The van der Waals surface area contributed by atoms with Crippen molar-refractivity contribution in [3.05, 3.63) is 54.2 Å². The van der Waals surface area contributed by atoms with Crippen LogP contribution in [0.5, 0.6) is 0 Å². The predicted octanol–water partition coefficient (Wildman–Crippen LogP) is 3.98. The molecule has 1 aliphatic rings. The number of benzene rings is 2. The number of carbonyl (C=O) groups is 1. The van der Waals surface area contributed by atoms with E-state index in [2.05, 4.69) is 10.3 Å². The predicted molar refractivity (Wildman–Crippen MR) is 129 cm³/mol. The number of nitrogens with one attached hydrogen (secondary N) is 2. The number of sulfonamides is 1. The van der Waals surface area contributed by atoms with Crippen molar-refractivity contribution in [3.8, 4) is 0 Å². The fourth-order valence-electron chi connectivity index (χ4n) is 4.22. The van der Waals surface area contributed by atoms with E-state index in [1.54, 1.807) is 22.5 Å². The van der Waals surface area contributed by atoms with E-state index < -0.39 is 10.0 Å². The van der Waals surface area contributed by atoms with Crippen molar-refractivity contribution >= 4 is 38.2 Å². The Bertz CT molecular complexity index is 1210. The van der Waals surface area contributed by atoms with Gasteiger partial charge in [0.15, 0.2) is 0 Å². The Morgan fingerprint density at radius 2 is 1.84 bits per heavy atom. The standard InChI is InChI=1S/C24H30N4O3S/c1-27(2)23-12-11-19(32(30,31)28-14-6-3-7-15-28)16-22(23)26-24(29)13-10-18-17-25-21-9-5-4-8-20(18)21/h4-5,8-9,11-12,16-17,25H,3,6-7,10,13-15H2,1-2H3,(H,26,29). The van der Waals surface area contributed by atoms with E-state index in [9.17, 15) is 13.2 Å². The van der Waals surface area contributed by atoms with Gasteiger partial charge < -0.3 is 15.2 Å². The zero-order valence-electron chi connectivity index (χ0n) is 18.6. The molecule has 0 bridgehead atoms. The van der Waals surface area contributed by atoms with Gasteiger partial charge in [-0.2, -0.15) is 4.31 Å². The Morgan fingerprint density at radius 3 is 2.59 bits per heavy atom. The summed E-state index contributed by atoms with van der Waals surface area (Å²) in [6.45, 7) is 1.09. The van der Waals surface area contributed by atoms with Gasteiger partial charge in [0.05, 0.1) is 16.3 Å². The zero-order chi connectivity index (χ0) is 22.7. The summed E-state index contributed by atoms with van der Waals surface area (Å²) >= 11 is 0. The van der Waals surface area contributed by atoms with Gasteiger partial charge >= 0.3 is 0 Å². The molecular weight excluding hydrogens is 424 g/mol. The number of nitrogens with zero attached hydrogens (tertiary/aromatic N) is 2. The maximum absolute atomic E-state index is 13.1. The SMILES string of the molecule is CN(C)c1ccc(S(=O)(=O)N2CCCCC2)cc1NC(=O)CCc1c[nH]c2ccccc12. The van der Waals surface area contributed by atoms with E-state index in [1.807, 2.05) is 49.5 Å². The molecule has 1 amide bonds. The molecule has 0 aliphatic carbocycles. The van der Waals surface area contributed by atoms with Crippen molar-refractivity contribution in [3.63, 3.8) is 0 Å². The van der Waals surface area contributed by atoms with Gasteiger partial charge in [0.1, 0.15) is 0 Å². The second kappa shape index (κ2) is 9.34. The third-order valence-electron chi connectivity index (χ3n) is 5.97. The molecule has 7 nitrogen and oxygen atoms in total. The quantitative estimate of drug-likeness (QED) is 0.565. The smallest absolute Gasteiger partial charge is 0.243 e. The third kappa shape index (κ3) is 4.66. The molecule has 2 heterocycles. The highest BCUT2D eigenvalue weighted by Crippen LogP contribution is 2.30. The Hall–Kier alpha value is -2.84. The van der Waals surface area contributed by atoms with Crippen LogP contribution in [-0.2, 0) is 21.2 Å². The summed E-state index contributed by atoms with van der Waals surface area (Å²) in [7, 11) is 0.166. The van der Waals surface area contributed by atoms with Gasteiger partial charge in [-0.3, -0.25) is 4.79 Å². The minimum atomic E-state index is -3.58. The molecule has 8 heteroatoms. The van der Waals surface area contributed by atoms with Crippen LogP contribution in [0.25, 0.3) is 10.9 Å². The van der Waals surface area contributed by atoms with Crippen LogP contribution >= 0.6 is 0 Å². The van der Waals surface area contributed by atoms with Crippen LogP contribution < -0.4 is 10.2 Å². The molecule has 0 atom stereocenters. The highest BCUT2D eigenvalue weighted by Gasteiger charge is 2.27. The van der Waals surface area contributed by atoms with Crippen LogP contribution in [0.15, 0.2) is 53.6 Å². The normalized spacial score (nSPS) is 15.1. The number of rotatable bonds is 7. The average molecular weight is 455 g/mol. The van der Waals surface area contributed by atoms with Crippen molar-refractivity contribution < 1.29 is 13.2 Å². The van der Waals surface area contributed by atoms with Crippen molar-refractivity contribution in [2.45, 2.75) is 37.0 Å². The Labute approximate surface area is 189 Å². The summed E-state index contributed by atoms with van der Waals surface area (Å²) in [5, 5.41) is 4.06. The first-order valence-corrected chi connectivity index (χ1v) is 12.5. The second-order valence-corrected chi connectivity index (χ2v) is 10.4. The minimum Gasteiger partial charge on any atom is -0.376 e. The molecule has 1 saturated heterocycles. The van der Waals surface area contributed by atoms with E-state index in [0.29, 0.717) is 31.6 Å². The monoisotopic (exact) mass is 454 g/mol. The number of aryl methyl sites for hydroxylation is 1. The molecule has 1 aliphatic heterocycles. The minimum absolute atomic E-state index is 0.147. The molecule has 170 valence electrons. The molecule has 1 fully saturated rings. The van der Waals surface area contributed by atoms with Crippen LogP contribution in [0.1, 0.15) is 31.2 Å². The van der Waals surface area contributed by atoms with Gasteiger partial charge in [-0.05, 0) is 49.1 Å². The number of amides is 1. The number of fused-ring (bicyclic) bond motifs is 1. The maximum Gasteiger partial charge on any atom is 0.243 e. The molecule has 2 aromatic carbocycles. The van der Waals surface area contributed by atoms with Gasteiger partial charge in [0.25, 0.3) is 0 Å². The van der Waals surface area contributed by atoms with E-state index in [1.165, 1.54) is 0 Å². The van der Waals surface area contributed by atoms with Crippen molar-refractivity contribution in [2.75, 3.05) is 37.4 Å². The topological polar surface area (TPSA) is 85.5 Å². The highest BCUT2D eigenvalue weighted by molar-refractivity contribution is 7.89. The van der Waals surface area contributed by atoms with Crippen molar-refractivity contribution in [1.82, 2.24) is 9.29 Å². The Balaban J connectivity index is 1.52. The summed E-state index contributed by atoms with van der Waals surface area (Å²) in [6, 6.07) is 13.0. The van der Waals surface area contributed by atoms with E-state index in [0.717, 1.165) is 41.4 Å². The molecule has 0 unspecified atom stereocenters. The van der Waals surface area contributed by atoms with Crippen LogP contribution in [0.4, 0.5) is 11.4 Å². The van der Waals surface area contributed by atoms with Crippen molar-refractivity contribution in [1.29, 1.82) is 0 Å². The van der Waals surface area contributed by atoms with E-state index in [-0.39, 0.29) is 10.8 Å². The largest absolute Gasteiger partial charge is 0.376 e. The summed E-state index contributed by atoms with van der Waals surface area (Å²) < 4.78 is 27.8. The molecule has 4 rings (SSSR count). The van der Waals surface area contributed by atoms with E-state index in [4.69, 9.17) is 0 Å². The lowest BCUT2D eigenvalue weighted by Gasteiger charge is -2.26. The number of carbonyl (C=O) groups excluding carboxylic acids is 1. The van der Waals surface area contributed by atoms with Gasteiger partial charge in [-0.25, -0.2) is 8.42 Å². The van der Waals surface area contributed by atoms with Gasteiger partial charge in [-0.15, -0.1) is 0 Å². The van der Waals surface area contributed by atoms with Gasteiger partial charge in [-0.1, -0.05) is 24.6 Å². The summed E-state index contributed by atoms with van der Waals surface area (Å²) in [5.41, 5.74) is 3.42. The lowest BCUT2D eigenvalue weighted by atomic mass is 10.1. The highest BCUT2D eigenvalue weighted by atomic mass is 32.2. The first kappa shape index (κ1) is 22.4. The Kier molecular flexibility index (Phi) is 6.53. The maximum atomic E-state index is 13.1. The van der Waals surface area contributed by atoms with Crippen LogP contribution in [0.2, 0.25) is 0 Å². The fourth-order valence-corrected chi connectivity index (χ4v) is 5.76. The molecule has 3 aromatic rings. The van der Waals surface area contributed by atoms with Crippen LogP contribution in [0, 0.1) is 0 Å². The summed E-state index contributed by atoms with van der Waals surface area (Å²) in [5.74, 6) is -0.147. The number of anilines is 2. The molecule has 2 N–H and O–H groups in total.